The summed E-state index contributed by atoms with van der Waals surface area (Å²) in [6, 6.07) is 19.5. The second-order valence-corrected chi connectivity index (χ2v) is 10.7. The molecular formula is C27H26Cl4N2O2S. The highest BCUT2D eigenvalue weighted by molar-refractivity contribution is 7.99. The van der Waals surface area contributed by atoms with Gasteiger partial charge in [-0.3, -0.25) is 9.59 Å². The van der Waals surface area contributed by atoms with Crippen LogP contribution in [0.3, 0.4) is 0 Å². The molecule has 0 spiro atoms. The van der Waals surface area contributed by atoms with Crippen LogP contribution in [0.1, 0.15) is 23.6 Å². The Morgan fingerprint density at radius 1 is 0.861 bits per heavy atom. The van der Waals surface area contributed by atoms with E-state index in [1.54, 1.807) is 35.2 Å². The minimum absolute atomic E-state index is 0.146. The van der Waals surface area contributed by atoms with Gasteiger partial charge in [0.1, 0.15) is 6.04 Å². The zero-order valence-corrected chi connectivity index (χ0v) is 23.5. The number of carbonyl (C=O) groups excluding carboxylic acids is 2. The maximum Gasteiger partial charge on any atom is 0.243 e. The molecule has 0 unspecified atom stereocenters. The molecule has 36 heavy (non-hydrogen) atoms. The van der Waals surface area contributed by atoms with Gasteiger partial charge in [-0.2, -0.15) is 0 Å². The summed E-state index contributed by atoms with van der Waals surface area (Å²) in [7, 11) is 0. The molecule has 3 rings (SSSR count). The summed E-state index contributed by atoms with van der Waals surface area (Å²) in [5.74, 6) is 0.221. The van der Waals surface area contributed by atoms with Gasteiger partial charge in [-0.05, 0) is 47.9 Å². The quantitative estimate of drug-likeness (QED) is 0.257. The summed E-state index contributed by atoms with van der Waals surface area (Å²) in [4.78, 5) is 28.4. The number of benzene rings is 3. The Bertz CT molecular complexity index is 1170. The van der Waals surface area contributed by atoms with Gasteiger partial charge < -0.3 is 10.2 Å². The van der Waals surface area contributed by atoms with Gasteiger partial charge >= 0.3 is 0 Å². The zero-order chi connectivity index (χ0) is 26.1. The molecular weight excluding hydrogens is 558 g/mol. The topological polar surface area (TPSA) is 49.4 Å². The number of likely N-dealkylation sites (N-methyl/N-ethyl adjacent to an activating group) is 1. The first kappa shape index (κ1) is 28.7. The van der Waals surface area contributed by atoms with Crippen molar-refractivity contribution in [3.63, 3.8) is 0 Å². The molecule has 190 valence electrons. The first-order chi connectivity index (χ1) is 17.3. The molecule has 9 heteroatoms. The van der Waals surface area contributed by atoms with Crippen molar-refractivity contribution in [2.75, 3.05) is 12.3 Å². The fourth-order valence-corrected chi connectivity index (χ4v) is 5.64. The van der Waals surface area contributed by atoms with Crippen molar-refractivity contribution in [1.29, 1.82) is 0 Å². The molecule has 0 aliphatic rings. The van der Waals surface area contributed by atoms with Crippen LogP contribution in [-0.4, -0.2) is 35.1 Å². The Morgan fingerprint density at radius 3 is 2.19 bits per heavy atom. The highest BCUT2D eigenvalue weighted by atomic mass is 35.5. The summed E-state index contributed by atoms with van der Waals surface area (Å²) in [6.45, 7) is 2.52. The third kappa shape index (κ3) is 8.06. The Balaban J connectivity index is 1.87. The molecule has 0 aromatic heterocycles. The maximum absolute atomic E-state index is 13.6. The van der Waals surface area contributed by atoms with Crippen LogP contribution in [0, 0.1) is 0 Å². The van der Waals surface area contributed by atoms with E-state index < -0.39 is 6.04 Å². The van der Waals surface area contributed by atoms with Crippen LogP contribution in [0.4, 0.5) is 0 Å². The SMILES string of the molecule is CCNC(=O)[C@@H](Cc1ccccc1)N(Cc1ccc(Cl)c(Cl)c1)C(=O)CSCc1c(Cl)cccc1Cl. The molecule has 0 radical (unpaired) electrons. The van der Waals surface area contributed by atoms with E-state index in [9.17, 15) is 9.59 Å². The molecule has 0 bridgehead atoms. The number of hydrogen-bond acceptors (Lipinski definition) is 3. The molecule has 4 nitrogen and oxygen atoms in total. The predicted molar refractivity (Wildman–Crippen MR) is 152 cm³/mol. The molecule has 0 aliphatic heterocycles. The standard InChI is InChI=1S/C27H26Cl4N2O2S/c1-2-32-27(35)25(14-18-7-4-3-5-8-18)33(15-19-11-12-23(30)24(31)13-19)26(34)17-36-16-20-21(28)9-6-10-22(20)29/h3-13,25H,2,14-17H2,1H3,(H,32,35)/t25-/m1/s1. The number of carbonyl (C=O) groups is 2. The Hall–Kier alpha value is -1.89. The fourth-order valence-electron chi connectivity index (χ4n) is 3.67. The zero-order valence-electron chi connectivity index (χ0n) is 19.6. The molecule has 3 aromatic rings. The van der Waals surface area contributed by atoms with Crippen LogP contribution in [0.2, 0.25) is 20.1 Å². The Labute approximate surface area is 236 Å². The summed E-state index contributed by atoms with van der Waals surface area (Å²) < 4.78 is 0. The lowest BCUT2D eigenvalue weighted by molar-refractivity contribution is -0.139. The number of nitrogens with zero attached hydrogens (tertiary/aromatic N) is 1. The molecule has 0 saturated carbocycles. The van der Waals surface area contributed by atoms with E-state index in [1.165, 1.54) is 11.8 Å². The van der Waals surface area contributed by atoms with Crippen LogP contribution >= 0.6 is 58.2 Å². The van der Waals surface area contributed by atoms with Crippen molar-refractivity contribution in [3.8, 4) is 0 Å². The van der Waals surface area contributed by atoms with Crippen LogP contribution in [0.5, 0.6) is 0 Å². The molecule has 0 saturated heterocycles. The van der Waals surface area contributed by atoms with Crippen molar-refractivity contribution < 1.29 is 9.59 Å². The van der Waals surface area contributed by atoms with Crippen LogP contribution in [-0.2, 0) is 28.3 Å². The smallest absolute Gasteiger partial charge is 0.243 e. The van der Waals surface area contributed by atoms with Crippen molar-refractivity contribution in [3.05, 3.63) is 104 Å². The number of nitrogens with one attached hydrogen (secondary N) is 1. The van der Waals surface area contributed by atoms with Gasteiger partial charge in [-0.1, -0.05) is 88.9 Å². The van der Waals surface area contributed by atoms with E-state index in [-0.39, 0.29) is 24.1 Å². The minimum Gasteiger partial charge on any atom is -0.355 e. The van der Waals surface area contributed by atoms with Crippen molar-refractivity contribution in [1.82, 2.24) is 10.2 Å². The summed E-state index contributed by atoms with van der Waals surface area (Å²) in [6.07, 6.45) is 0.376. The number of rotatable bonds is 11. The monoisotopic (exact) mass is 582 g/mol. The van der Waals surface area contributed by atoms with Crippen LogP contribution in [0.15, 0.2) is 66.7 Å². The number of hydrogen-bond donors (Lipinski definition) is 1. The minimum atomic E-state index is -0.709. The van der Waals surface area contributed by atoms with E-state index in [2.05, 4.69) is 5.32 Å². The first-order valence-electron chi connectivity index (χ1n) is 11.4. The molecule has 3 aromatic carbocycles. The molecule has 0 fully saturated rings. The number of halogens is 4. The average Bonchev–Trinajstić information content (AvgIpc) is 2.86. The van der Waals surface area contributed by atoms with E-state index in [4.69, 9.17) is 46.4 Å². The normalized spacial score (nSPS) is 11.7. The molecule has 1 atom stereocenters. The van der Waals surface area contributed by atoms with Crippen molar-refractivity contribution in [2.45, 2.75) is 31.7 Å². The number of amides is 2. The van der Waals surface area contributed by atoms with Crippen LogP contribution < -0.4 is 5.32 Å². The van der Waals surface area contributed by atoms with E-state index in [1.807, 2.05) is 43.3 Å². The largest absolute Gasteiger partial charge is 0.355 e. The molecule has 0 heterocycles. The van der Waals surface area contributed by atoms with Gasteiger partial charge in [0.15, 0.2) is 0 Å². The van der Waals surface area contributed by atoms with Gasteiger partial charge in [0.25, 0.3) is 0 Å². The summed E-state index contributed by atoms with van der Waals surface area (Å²) >= 11 is 26.3. The van der Waals surface area contributed by atoms with Crippen LogP contribution in [0.25, 0.3) is 0 Å². The second kappa shape index (κ2) is 14.2. The fraction of sp³-hybridized carbons (Fsp3) is 0.259. The second-order valence-electron chi connectivity index (χ2n) is 8.06. The van der Waals surface area contributed by atoms with E-state index in [0.717, 1.165) is 16.7 Å². The van der Waals surface area contributed by atoms with Crippen molar-refractivity contribution >= 4 is 70.0 Å². The van der Waals surface area contributed by atoms with Gasteiger partial charge in [0, 0.05) is 35.3 Å². The van der Waals surface area contributed by atoms with Gasteiger partial charge in [0.2, 0.25) is 11.8 Å². The van der Waals surface area contributed by atoms with E-state index >= 15 is 0 Å². The van der Waals surface area contributed by atoms with E-state index in [0.29, 0.717) is 38.8 Å². The Kier molecular flexibility index (Phi) is 11.3. The van der Waals surface area contributed by atoms with Gasteiger partial charge in [0.05, 0.1) is 15.8 Å². The lowest BCUT2D eigenvalue weighted by atomic mass is 10.0. The summed E-state index contributed by atoms with van der Waals surface area (Å²) in [5.41, 5.74) is 2.51. The number of thioether (sulfide) groups is 1. The summed E-state index contributed by atoms with van der Waals surface area (Å²) in [5, 5.41) is 4.81. The molecule has 0 aliphatic carbocycles. The maximum atomic E-state index is 13.6. The Morgan fingerprint density at radius 2 is 1.56 bits per heavy atom. The highest BCUT2D eigenvalue weighted by Gasteiger charge is 2.30. The lowest BCUT2D eigenvalue weighted by Gasteiger charge is -2.31. The third-order valence-corrected chi connectivity index (χ3v) is 7.88. The van der Waals surface area contributed by atoms with Gasteiger partial charge in [-0.25, -0.2) is 0 Å². The first-order valence-corrected chi connectivity index (χ1v) is 14.0. The molecule has 1 N–H and O–H groups in total. The average molecular weight is 584 g/mol. The van der Waals surface area contributed by atoms with Gasteiger partial charge in [-0.15, -0.1) is 11.8 Å². The lowest BCUT2D eigenvalue weighted by Crippen LogP contribution is -2.51. The van der Waals surface area contributed by atoms with Crippen molar-refractivity contribution in [2.24, 2.45) is 0 Å². The highest BCUT2D eigenvalue weighted by Crippen LogP contribution is 2.29. The molecule has 2 amide bonds. The predicted octanol–water partition coefficient (Wildman–Crippen LogP) is 7.31. The third-order valence-electron chi connectivity index (χ3n) is 5.49.